The number of esters is 1. The molecule has 4 rings (SSSR count). The van der Waals surface area contributed by atoms with Crippen LogP contribution in [0.1, 0.15) is 18.2 Å². The van der Waals surface area contributed by atoms with E-state index in [9.17, 15) is 14.4 Å². The molecule has 4 aromatic rings. The molecule has 1 amide bonds. The zero-order chi connectivity index (χ0) is 24.2. The average Bonchev–Trinajstić information content (AvgIpc) is 3.06. The molecule has 2 heterocycles. The minimum atomic E-state index is -1.10. The molecule has 1 atom stereocenters. The molecule has 8 heteroatoms. The van der Waals surface area contributed by atoms with Crippen molar-refractivity contribution in [3.05, 3.63) is 94.5 Å². The Hall–Kier alpha value is -4.46. The molecule has 0 aliphatic heterocycles. The van der Waals surface area contributed by atoms with Gasteiger partial charge >= 0.3 is 5.97 Å². The number of amides is 1. The van der Waals surface area contributed by atoms with Gasteiger partial charge in [0.15, 0.2) is 6.10 Å². The van der Waals surface area contributed by atoms with Gasteiger partial charge in [0.1, 0.15) is 5.69 Å². The van der Waals surface area contributed by atoms with Gasteiger partial charge in [-0.15, -0.1) is 0 Å². The third-order valence-corrected chi connectivity index (χ3v) is 5.53. The molecular formula is C26H24N4O4. The first-order valence-electron chi connectivity index (χ1n) is 10.7. The van der Waals surface area contributed by atoms with Crippen LogP contribution in [0, 0.1) is 6.92 Å². The van der Waals surface area contributed by atoms with Gasteiger partial charge < -0.3 is 10.1 Å². The van der Waals surface area contributed by atoms with Crippen LogP contribution < -0.4 is 10.9 Å². The van der Waals surface area contributed by atoms with E-state index < -0.39 is 18.0 Å². The van der Waals surface area contributed by atoms with Crippen molar-refractivity contribution < 1.29 is 14.3 Å². The molecule has 0 fully saturated rings. The van der Waals surface area contributed by atoms with Gasteiger partial charge in [0, 0.05) is 30.3 Å². The lowest BCUT2D eigenvalue weighted by molar-refractivity contribution is -0.148. The monoisotopic (exact) mass is 456 g/mol. The van der Waals surface area contributed by atoms with E-state index >= 15 is 0 Å². The van der Waals surface area contributed by atoms with Gasteiger partial charge in [-0.25, -0.2) is 9.48 Å². The van der Waals surface area contributed by atoms with Crippen LogP contribution in [-0.4, -0.2) is 32.3 Å². The number of carbonyl (C=O) groups is 2. The fraction of sp³-hybridized carbons (Fsp3) is 0.154. The van der Waals surface area contributed by atoms with Crippen molar-refractivity contribution in [1.82, 2.24) is 14.3 Å². The lowest BCUT2D eigenvalue weighted by atomic mass is 10.1. The Kier molecular flexibility index (Phi) is 6.40. The van der Waals surface area contributed by atoms with E-state index in [1.807, 2.05) is 48.5 Å². The zero-order valence-corrected chi connectivity index (χ0v) is 19.1. The summed E-state index contributed by atoms with van der Waals surface area (Å²) in [4.78, 5) is 42.3. The van der Waals surface area contributed by atoms with Crippen LogP contribution in [0.2, 0.25) is 0 Å². The van der Waals surface area contributed by atoms with Crippen LogP contribution >= 0.6 is 0 Å². The van der Waals surface area contributed by atoms with Crippen molar-refractivity contribution in [2.24, 2.45) is 7.05 Å². The Balaban J connectivity index is 1.46. The zero-order valence-electron chi connectivity index (χ0n) is 19.1. The van der Waals surface area contributed by atoms with Crippen LogP contribution in [0.4, 0.5) is 5.69 Å². The van der Waals surface area contributed by atoms with Crippen LogP contribution in [0.15, 0.2) is 77.7 Å². The molecule has 0 bridgehead atoms. The summed E-state index contributed by atoms with van der Waals surface area (Å²) in [5.74, 6) is -1.28. The number of nitrogens with zero attached hydrogens (tertiary/aromatic N) is 3. The summed E-state index contributed by atoms with van der Waals surface area (Å²) in [5, 5.41) is 3.56. The third-order valence-electron chi connectivity index (χ3n) is 5.53. The first kappa shape index (κ1) is 22.7. The number of rotatable bonds is 6. The minimum absolute atomic E-state index is 0.136. The second-order valence-electron chi connectivity index (χ2n) is 7.76. The summed E-state index contributed by atoms with van der Waals surface area (Å²) in [5.41, 5.74) is 2.52. The van der Waals surface area contributed by atoms with E-state index in [-0.39, 0.29) is 11.2 Å². The highest BCUT2D eigenvalue weighted by Crippen LogP contribution is 2.18. The molecule has 34 heavy (non-hydrogen) atoms. The summed E-state index contributed by atoms with van der Waals surface area (Å²) >= 11 is 0. The van der Waals surface area contributed by atoms with E-state index in [0.29, 0.717) is 11.4 Å². The first-order valence-corrected chi connectivity index (χ1v) is 10.7. The highest BCUT2D eigenvalue weighted by Gasteiger charge is 2.22. The maximum absolute atomic E-state index is 13.0. The fourth-order valence-electron chi connectivity index (χ4n) is 3.62. The molecule has 1 N–H and O–H groups in total. The average molecular weight is 457 g/mol. The summed E-state index contributed by atoms with van der Waals surface area (Å²) < 4.78 is 8.36. The molecular weight excluding hydrogens is 432 g/mol. The van der Waals surface area contributed by atoms with Gasteiger partial charge in [0.2, 0.25) is 0 Å². The molecule has 0 saturated carbocycles. The molecule has 0 aliphatic rings. The summed E-state index contributed by atoms with van der Waals surface area (Å²) in [6.07, 6.45) is 3.43. The molecule has 0 saturated heterocycles. The van der Waals surface area contributed by atoms with Crippen LogP contribution in [0.25, 0.3) is 22.7 Å². The molecule has 2 aromatic heterocycles. The summed E-state index contributed by atoms with van der Waals surface area (Å²) in [6.45, 7) is 3.18. The number of carbonyl (C=O) groups excluding carboxylic acids is 2. The molecule has 1 unspecified atom stereocenters. The van der Waals surface area contributed by atoms with Gasteiger partial charge in [-0.2, -0.15) is 0 Å². The normalized spacial score (nSPS) is 12.1. The first-order chi connectivity index (χ1) is 16.4. The SMILES string of the molecule is Cc1c(NC(=O)C(C)OC(=O)/C=C/c2cccc3cccnc23)c(=O)n(-c2ccccc2)n1C. The number of nitrogens with one attached hydrogen (secondary N) is 1. The largest absolute Gasteiger partial charge is 0.449 e. The Morgan fingerprint density at radius 1 is 1.06 bits per heavy atom. The van der Waals surface area contributed by atoms with Crippen LogP contribution in [0.3, 0.4) is 0 Å². The number of pyridine rings is 1. The van der Waals surface area contributed by atoms with Crippen molar-refractivity contribution in [3.63, 3.8) is 0 Å². The quantitative estimate of drug-likeness (QED) is 0.353. The molecule has 2 aromatic carbocycles. The third kappa shape index (κ3) is 4.52. The fourth-order valence-corrected chi connectivity index (χ4v) is 3.62. The predicted octanol–water partition coefficient (Wildman–Crippen LogP) is 3.62. The number of benzene rings is 2. The predicted molar refractivity (Wildman–Crippen MR) is 131 cm³/mol. The Labute approximate surface area is 196 Å². The number of fused-ring (bicyclic) bond motifs is 1. The van der Waals surface area contributed by atoms with Gasteiger partial charge in [-0.1, -0.05) is 42.5 Å². The maximum atomic E-state index is 13.0. The molecule has 0 aliphatic carbocycles. The second-order valence-corrected chi connectivity index (χ2v) is 7.76. The van der Waals surface area contributed by atoms with E-state index in [0.717, 1.165) is 16.5 Å². The maximum Gasteiger partial charge on any atom is 0.331 e. The van der Waals surface area contributed by atoms with Crippen LogP contribution in [0.5, 0.6) is 0 Å². The second kappa shape index (κ2) is 9.58. The number of ether oxygens (including phenoxy) is 1. The summed E-state index contributed by atoms with van der Waals surface area (Å²) in [7, 11) is 1.73. The van der Waals surface area contributed by atoms with Gasteiger partial charge in [0.05, 0.1) is 16.9 Å². The van der Waals surface area contributed by atoms with Crippen molar-refractivity contribution in [2.75, 3.05) is 5.32 Å². The van der Waals surface area contributed by atoms with E-state index in [2.05, 4.69) is 10.3 Å². The van der Waals surface area contributed by atoms with Gasteiger partial charge in [0.25, 0.3) is 11.5 Å². The number of aromatic nitrogens is 3. The molecule has 0 radical (unpaired) electrons. The topological polar surface area (TPSA) is 95.2 Å². The van der Waals surface area contributed by atoms with Gasteiger partial charge in [-0.3, -0.25) is 19.3 Å². The highest BCUT2D eigenvalue weighted by atomic mass is 16.5. The molecule has 172 valence electrons. The van der Waals surface area contributed by atoms with Crippen LogP contribution in [-0.2, 0) is 21.4 Å². The number of hydrogen-bond donors (Lipinski definition) is 1. The molecule has 8 nitrogen and oxygen atoms in total. The Bertz CT molecular complexity index is 1450. The van der Waals surface area contributed by atoms with Crippen molar-refractivity contribution in [1.29, 1.82) is 0 Å². The van der Waals surface area contributed by atoms with Crippen molar-refractivity contribution in [2.45, 2.75) is 20.0 Å². The van der Waals surface area contributed by atoms with E-state index in [1.165, 1.54) is 17.7 Å². The number of hydrogen-bond acceptors (Lipinski definition) is 5. The minimum Gasteiger partial charge on any atom is -0.449 e. The number of para-hydroxylation sites is 2. The summed E-state index contributed by atoms with van der Waals surface area (Å²) in [6, 6.07) is 18.5. The highest BCUT2D eigenvalue weighted by molar-refractivity contribution is 5.97. The Morgan fingerprint density at radius 3 is 2.56 bits per heavy atom. The smallest absolute Gasteiger partial charge is 0.331 e. The van der Waals surface area contributed by atoms with E-state index in [1.54, 1.807) is 43.1 Å². The van der Waals surface area contributed by atoms with Crippen molar-refractivity contribution in [3.8, 4) is 5.69 Å². The van der Waals surface area contributed by atoms with E-state index in [4.69, 9.17) is 4.74 Å². The Morgan fingerprint density at radius 2 is 1.79 bits per heavy atom. The van der Waals surface area contributed by atoms with Crippen molar-refractivity contribution >= 4 is 34.5 Å². The lowest BCUT2D eigenvalue weighted by Gasteiger charge is -2.11. The number of anilines is 1. The lowest BCUT2D eigenvalue weighted by Crippen LogP contribution is -2.31. The van der Waals surface area contributed by atoms with Gasteiger partial charge in [-0.05, 0) is 38.1 Å². The molecule has 0 spiro atoms. The standard InChI is InChI=1S/C26H24N4O4/c1-17-23(26(33)30(29(17)3)21-12-5-4-6-13-21)28-25(32)18(2)34-22(31)15-14-20-10-7-9-19-11-8-16-27-24(19)20/h4-16,18H,1-3H3,(H,28,32)/b15-14+.